The van der Waals surface area contributed by atoms with Crippen LogP contribution in [0.1, 0.15) is 6.92 Å². The van der Waals surface area contributed by atoms with Crippen molar-refractivity contribution >= 4 is 55.9 Å². The number of anilines is 2. The van der Waals surface area contributed by atoms with E-state index in [2.05, 4.69) is 25.8 Å². The van der Waals surface area contributed by atoms with Gasteiger partial charge in [0.1, 0.15) is 0 Å². The van der Waals surface area contributed by atoms with Crippen molar-refractivity contribution in [2.24, 2.45) is 7.05 Å². The fourth-order valence-corrected chi connectivity index (χ4v) is 4.46. The summed E-state index contributed by atoms with van der Waals surface area (Å²) >= 11 is 2.67. The molecular weight excluding hydrogens is 420 g/mol. The maximum absolute atomic E-state index is 12.4. The van der Waals surface area contributed by atoms with Crippen molar-refractivity contribution in [2.75, 3.05) is 16.4 Å². The Balaban J connectivity index is 1.39. The van der Waals surface area contributed by atoms with Gasteiger partial charge in [0.05, 0.1) is 16.0 Å². The van der Waals surface area contributed by atoms with E-state index in [4.69, 9.17) is 0 Å². The zero-order valence-corrected chi connectivity index (χ0v) is 17.9. The van der Waals surface area contributed by atoms with E-state index in [9.17, 15) is 9.59 Å². The van der Waals surface area contributed by atoms with Crippen LogP contribution in [0.5, 0.6) is 0 Å². The van der Waals surface area contributed by atoms with Crippen LogP contribution in [-0.4, -0.2) is 37.3 Å². The van der Waals surface area contributed by atoms with Gasteiger partial charge < -0.3 is 15.2 Å². The second-order valence-electron chi connectivity index (χ2n) is 6.45. The first kappa shape index (κ1) is 20.0. The van der Waals surface area contributed by atoms with Gasteiger partial charge in [0.15, 0.2) is 16.1 Å². The number of hydrogen-bond acceptors (Lipinski definition) is 7. The van der Waals surface area contributed by atoms with Crippen LogP contribution in [0.4, 0.5) is 10.8 Å². The Morgan fingerprint density at radius 1 is 1.10 bits per heavy atom. The standard InChI is InChI=1S/C20H18N6O2S2/c1-12(27)21-14-8-9-15-16(10-14)30-19(22-15)23-17(28)11-29-20-25-24-18(26(20)2)13-6-4-3-5-7-13/h3-10H,11H2,1-2H3,(H,21,27)(H,22,23,28). The third-order valence-electron chi connectivity index (χ3n) is 4.15. The van der Waals surface area contributed by atoms with Crippen LogP contribution in [0.25, 0.3) is 21.6 Å². The Morgan fingerprint density at radius 2 is 1.90 bits per heavy atom. The Labute approximate surface area is 180 Å². The molecule has 0 radical (unpaired) electrons. The first-order valence-electron chi connectivity index (χ1n) is 9.05. The molecule has 0 atom stereocenters. The molecule has 0 spiro atoms. The molecule has 4 rings (SSSR count). The summed E-state index contributed by atoms with van der Waals surface area (Å²) in [5, 5.41) is 15.1. The minimum absolute atomic E-state index is 0.136. The molecule has 30 heavy (non-hydrogen) atoms. The first-order chi connectivity index (χ1) is 14.5. The van der Waals surface area contributed by atoms with Gasteiger partial charge in [-0.15, -0.1) is 10.2 Å². The van der Waals surface area contributed by atoms with Gasteiger partial charge in [-0.2, -0.15) is 0 Å². The SMILES string of the molecule is CC(=O)Nc1ccc2nc(NC(=O)CSc3nnc(-c4ccccc4)n3C)sc2c1. The third-order valence-corrected chi connectivity index (χ3v) is 6.11. The molecule has 0 aliphatic carbocycles. The molecule has 2 aromatic heterocycles. The minimum atomic E-state index is -0.176. The highest BCUT2D eigenvalue weighted by atomic mass is 32.2. The lowest BCUT2D eigenvalue weighted by atomic mass is 10.2. The van der Waals surface area contributed by atoms with Crippen molar-refractivity contribution in [1.82, 2.24) is 19.7 Å². The summed E-state index contributed by atoms with van der Waals surface area (Å²) in [6.07, 6.45) is 0. The predicted molar refractivity (Wildman–Crippen MR) is 120 cm³/mol. The normalized spacial score (nSPS) is 10.9. The number of aromatic nitrogens is 4. The zero-order valence-electron chi connectivity index (χ0n) is 16.2. The number of carbonyl (C=O) groups is 2. The topological polar surface area (TPSA) is 102 Å². The molecule has 2 aromatic carbocycles. The van der Waals surface area contributed by atoms with Crippen molar-refractivity contribution in [3.05, 3.63) is 48.5 Å². The maximum atomic E-state index is 12.4. The zero-order chi connectivity index (χ0) is 21.1. The number of rotatable bonds is 6. The first-order valence-corrected chi connectivity index (χ1v) is 10.9. The van der Waals surface area contributed by atoms with Crippen LogP contribution in [-0.2, 0) is 16.6 Å². The Bertz CT molecular complexity index is 1220. The van der Waals surface area contributed by atoms with Crippen molar-refractivity contribution < 1.29 is 9.59 Å². The molecule has 0 aliphatic heterocycles. The molecule has 0 fully saturated rings. The fourth-order valence-electron chi connectivity index (χ4n) is 2.82. The lowest BCUT2D eigenvalue weighted by Gasteiger charge is -2.04. The van der Waals surface area contributed by atoms with Gasteiger partial charge >= 0.3 is 0 Å². The lowest BCUT2D eigenvalue weighted by molar-refractivity contribution is -0.114. The molecular formula is C20H18N6O2S2. The number of benzene rings is 2. The largest absolute Gasteiger partial charge is 0.326 e. The van der Waals surface area contributed by atoms with Gasteiger partial charge in [-0.05, 0) is 18.2 Å². The second kappa shape index (κ2) is 8.64. The van der Waals surface area contributed by atoms with E-state index < -0.39 is 0 Å². The molecule has 0 saturated heterocycles. The third kappa shape index (κ3) is 4.50. The molecule has 2 amide bonds. The molecule has 0 saturated carbocycles. The molecule has 152 valence electrons. The van der Waals surface area contributed by atoms with E-state index in [1.54, 1.807) is 6.07 Å². The van der Waals surface area contributed by atoms with Crippen molar-refractivity contribution in [3.63, 3.8) is 0 Å². The quantitative estimate of drug-likeness (QED) is 0.444. The number of nitrogens with one attached hydrogen (secondary N) is 2. The molecule has 10 heteroatoms. The highest BCUT2D eigenvalue weighted by Gasteiger charge is 2.14. The smallest absolute Gasteiger partial charge is 0.236 e. The van der Waals surface area contributed by atoms with E-state index in [0.29, 0.717) is 16.0 Å². The number of thiazole rings is 1. The highest BCUT2D eigenvalue weighted by molar-refractivity contribution is 7.99. The van der Waals surface area contributed by atoms with Crippen molar-refractivity contribution in [1.29, 1.82) is 0 Å². The number of carbonyl (C=O) groups excluding carboxylic acids is 2. The molecule has 0 aliphatic rings. The second-order valence-corrected chi connectivity index (χ2v) is 8.42. The Hall–Kier alpha value is -3.24. The van der Waals surface area contributed by atoms with Crippen LogP contribution in [0.2, 0.25) is 0 Å². The van der Waals surface area contributed by atoms with E-state index in [1.807, 2.05) is 54.1 Å². The molecule has 2 heterocycles. The van der Waals surface area contributed by atoms with Crippen molar-refractivity contribution in [3.8, 4) is 11.4 Å². The molecule has 4 aromatic rings. The monoisotopic (exact) mass is 438 g/mol. The van der Waals surface area contributed by atoms with Crippen molar-refractivity contribution in [2.45, 2.75) is 12.1 Å². The summed E-state index contributed by atoms with van der Waals surface area (Å²) in [6, 6.07) is 15.2. The van der Waals surface area contributed by atoms with Gasteiger partial charge in [0.2, 0.25) is 11.8 Å². The molecule has 2 N–H and O–H groups in total. The summed E-state index contributed by atoms with van der Waals surface area (Å²) in [6.45, 7) is 1.46. The van der Waals surface area contributed by atoms with Gasteiger partial charge in [0.25, 0.3) is 0 Å². The molecule has 0 unspecified atom stereocenters. The van der Waals surface area contributed by atoms with Gasteiger partial charge in [-0.25, -0.2) is 4.98 Å². The van der Waals surface area contributed by atoms with Crippen LogP contribution in [0.15, 0.2) is 53.7 Å². The fraction of sp³-hybridized carbons (Fsp3) is 0.150. The van der Waals surface area contributed by atoms with Crippen LogP contribution < -0.4 is 10.6 Å². The van der Waals surface area contributed by atoms with E-state index in [-0.39, 0.29) is 17.6 Å². The number of fused-ring (bicyclic) bond motifs is 1. The minimum Gasteiger partial charge on any atom is -0.326 e. The Kier molecular flexibility index (Phi) is 5.77. The average molecular weight is 439 g/mol. The van der Waals surface area contributed by atoms with Crippen LogP contribution in [0.3, 0.4) is 0 Å². The van der Waals surface area contributed by atoms with E-state index >= 15 is 0 Å². The van der Waals surface area contributed by atoms with Gasteiger partial charge in [-0.1, -0.05) is 53.4 Å². The summed E-state index contributed by atoms with van der Waals surface area (Å²) in [4.78, 5) is 28.0. The van der Waals surface area contributed by atoms with Crippen LogP contribution in [0, 0.1) is 0 Å². The average Bonchev–Trinajstić information content (AvgIpc) is 3.28. The number of nitrogens with zero attached hydrogens (tertiary/aromatic N) is 4. The predicted octanol–water partition coefficient (Wildman–Crippen LogP) is 3.78. The summed E-state index contributed by atoms with van der Waals surface area (Å²) < 4.78 is 2.75. The highest BCUT2D eigenvalue weighted by Crippen LogP contribution is 2.29. The summed E-state index contributed by atoms with van der Waals surface area (Å²) in [7, 11) is 1.88. The van der Waals surface area contributed by atoms with E-state index in [0.717, 1.165) is 21.6 Å². The lowest BCUT2D eigenvalue weighted by Crippen LogP contribution is -2.14. The number of amides is 2. The number of hydrogen-bond donors (Lipinski definition) is 2. The Morgan fingerprint density at radius 3 is 2.67 bits per heavy atom. The van der Waals surface area contributed by atoms with E-state index in [1.165, 1.54) is 30.0 Å². The maximum Gasteiger partial charge on any atom is 0.236 e. The number of thioether (sulfide) groups is 1. The van der Waals surface area contributed by atoms with Crippen LogP contribution >= 0.6 is 23.1 Å². The van der Waals surface area contributed by atoms with Gasteiger partial charge in [0, 0.05) is 25.2 Å². The van der Waals surface area contributed by atoms with Gasteiger partial charge in [-0.3, -0.25) is 9.59 Å². The summed E-state index contributed by atoms with van der Waals surface area (Å²) in [5.41, 5.74) is 2.43. The molecule has 0 bridgehead atoms. The molecule has 8 nitrogen and oxygen atoms in total. The summed E-state index contributed by atoms with van der Waals surface area (Å²) in [5.74, 6) is 0.627.